The number of aromatic amines is 1. The number of carbonyl (C=O) groups excluding carboxylic acids is 4. The highest BCUT2D eigenvalue weighted by atomic mass is 16.6. The van der Waals surface area contributed by atoms with Crippen LogP contribution in [0.25, 0.3) is 22.0 Å². The maximum atomic E-state index is 14.1. The standard InChI is InChI=1S/C55H58N4O8/c1-3-5-23-51(59-55(64)67-36-49-47-21-11-9-19-45(47)46-20-10-12-22-48(46)49)54(63)66-35-42(30-40-32-56-50-24-14-13-18-44(40)50)58-53(62)39(15-4-2)31-52(61)57-41(33-60)29-37-25-27-43(28-26-37)65-34-38-16-7-6-8-17-38/h3-4,6-14,16-22,24-28,32,39,41-42,49,51,56,60H,1-2,5,15,23,29-31,33-36H2,(H,57,61)(H,58,62)(H,59,64). The minimum Gasteiger partial charge on any atom is -0.489 e. The van der Waals surface area contributed by atoms with Crippen molar-refractivity contribution >= 4 is 34.8 Å². The number of esters is 1. The maximum Gasteiger partial charge on any atom is 0.407 e. The van der Waals surface area contributed by atoms with Gasteiger partial charge >= 0.3 is 12.1 Å². The molecule has 12 heteroatoms. The van der Waals surface area contributed by atoms with Crippen molar-refractivity contribution in [1.82, 2.24) is 20.9 Å². The highest BCUT2D eigenvalue weighted by molar-refractivity contribution is 5.87. The van der Waals surface area contributed by atoms with Crippen molar-refractivity contribution in [3.05, 3.63) is 187 Å². The first-order valence-corrected chi connectivity index (χ1v) is 22.7. The maximum absolute atomic E-state index is 14.1. The summed E-state index contributed by atoms with van der Waals surface area (Å²) in [6.07, 6.45) is 5.63. The Bertz CT molecular complexity index is 2580. The fourth-order valence-corrected chi connectivity index (χ4v) is 8.54. The van der Waals surface area contributed by atoms with Gasteiger partial charge in [-0.3, -0.25) is 9.59 Å². The van der Waals surface area contributed by atoms with Gasteiger partial charge in [-0.1, -0.05) is 121 Å². The molecule has 0 aliphatic heterocycles. The number of hydrogen-bond acceptors (Lipinski definition) is 8. The summed E-state index contributed by atoms with van der Waals surface area (Å²) in [5.74, 6) is -1.80. The molecule has 5 N–H and O–H groups in total. The molecule has 6 aromatic rings. The zero-order chi connectivity index (χ0) is 47.0. The van der Waals surface area contributed by atoms with E-state index in [0.29, 0.717) is 25.2 Å². The highest BCUT2D eigenvalue weighted by Gasteiger charge is 2.31. The largest absolute Gasteiger partial charge is 0.489 e. The Hall–Kier alpha value is -7.44. The lowest BCUT2D eigenvalue weighted by atomic mass is 9.97. The third-order valence-corrected chi connectivity index (χ3v) is 12.0. The van der Waals surface area contributed by atoms with Gasteiger partial charge in [-0.25, -0.2) is 9.59 Å². The molecule has 12 nitrogen and oxygen atoms in total. The summed E-state index contributed by atoms with van der Waals surface area (Å²) in [7, 11) is 0. The lowest BCUT2D eigenvalue weighted by molar-refractivity contribution is -0.147. The molecule has 1 aliphatic carbocycles. The summed E-state index contributed by atoms with van der Waals surface area (Å²) in [4.78, 5) is 57.9. The Kier molecular flexibility index (Phi) is 16.8. The number of aliphatic hydroxyl groups is 1. The van der Waals surface area contributed by atoms with Crippen LogP contribution in [0, 0.1) is 5.92 Å². The Morgan fingerprint density at radius 3 is 2.10 bits per heavy atom. The van der Waals surface area contributed by atoms with Crippen LogP contribution in [-0.2, 0) is 43.3 Å². The summed E-state index contributed by atoms with van der Waals surface area (Å²) >= 11 is 0. The van der Waals surface area contributed by atoms with Gasteiger partial charge in [-0.15, -0.1) is 13.2 Å². The van der Waals surface area contributed by atoms with Crippen molar-refractivity contribution in [2.75, 3.05) is 19.8 Å². The topological polar surface area (TPSA) is 168 Å². The summed E-state index contributed by atoms with van der Waals surface area (Å²) in [5.41, 5.74) is 8.07. The normalized spacial score (nSPS) is 13.5. The van der Waals surface area contributed by atoms with Crippen molar-refractivity contribution in [2.24, 2.45) is 5.92 Å². The molecule has 7 rings (SSSR count). The van der Waals surface area contributed by atoms with Crippen LogP contribution in [0.5, 0.6) is 5.75 Å². The second kappa shape index (κ2) is 23.7. The third kappa shape index (κ3) is 12.9. The number of aromatic nitrogens is 1. The number of amides is 3. The quantitative estimate of drug-likeness (QED) is 0.0298. The SMILES string of the molecule is C=CCCC(NC(=O)OCC1c2ccccc2-c2ccccc21)C(=O)OCC(Cc1c[nH]c2ccccc12)NC(=O)C(CC=C)CC(=O)NC(CO)Cc1ccc(OCc2ccccc2)cc1. The monoisotopic (exact) mass is 902 g/mol. The van der Waals surface area contributed by atoms with E-state index in [0.717, 1.165) is 49.8 Å². The van der Waals surface area contributed by atoms with Gasteiger partial charge in [0, 0.05) is 29.4 Å². The fourth-order valence-electron chi connectivity index (χ4n) is 8.54. The molecule has 0 bridgehead atoms. The van der Waals surface area contributed by atoms with E-state index >= 15 is 0 Å². The van der Waals surface area contributed by atoms with Crippen LogP contribution in [0.1, 0.15) is 59.4 Å². The number of hydrogen-bond donors (Lipinski definition) is 5. The van der Waals surface area contributed by atoms with Gasteiger partial charge in [-0.2, -0.15) is 0 Å². The number of ether oxygens (including phenoxy) is 3. The summed E-state index contributed by atoms with van der Waals surface area (Å²) in [5, 5.41) is 19.8. The number of allylic oxidation sites excluding steroid dienone is 2. The summed E-state index contributed by atoms with van der Waals surface area (Å²) < 4.78 is 17.5. The zero-order valence-electron chi connectivity index (χ0n) is 37.5. The van der Waals surface area contributed by atoms with Crippen LogP contribution in [0.15, 0.2) is 159 Å². The molecule has 0 saturated carbocycles. The molecule has 1 heterocycles. The molecular weight excluding hydrogens is 845 g/mol. The number of aliphatic hydroxyl groups excluding tert-OH is 1. The second-order valence-electron chi connectivity index (χ2n) is 16.8. The van der Waals surface area contributed by atoms with Crippen LogP contribution in [0.3, 0.4) is 0 Å². The van der Waals surface area contributed by atoms with Gasteiger partial charge in [0.25, 0.3) is 0 Å². The first-order chi connectivity index (χ1) is 32.7. The van der Waals surface area contributed by atoms with E-state index < -0.39 is 47.9 Å². The minimum atomic E-state index is -1.05. The first kappa shape index (κ1) is 47.5. The van der Waals surface area contributed by atoms with Crippen LogP contribution in [-0.4, -0.2) is 71.9 Å². The summed E-state index contributed by atoms with van der Waals surface area (Å²) in [6, 6.07) is 38.8. The first-order valence-electron chi connectivity index (χ1n) is 22.7. The van der Waals surface area contributed by atoms with Gasteiger partial charge < -0.3 is 40.3 Å². The number of alkyl carbamates (subject to hydrolysis) is 1. The van der Waals surface area contributed by atoms with Crippen LogP contribution in [0.4, 0.5) is 4.79 Å². The van der Waals surface area contributed by atoms with Crippen LogP contribution < -0.4 is 20.7 Å². The Labute approximate surface area is 391 Å². The number of carbonyl (C=O) groups is 4. The van der Waals surface area contributed by atoms with E-state index in [2.05, 4.69) is 46.2 Å². The van der Waals surface area contributed by atoms with Crippen LogP contribution in [0.2, 0.25) is 0 Å². The van der Waals surface area contributed by atoms with Gasteiger partial charge in [-0.05, 0) is 89.2 Å². The van der Waals surface area contributed by atoms with E-state index in [1.165, 1.54) is 0 Å². The van der Waals surface area contributed by atoms with Crippen molar-refractivity contribution in [3.63, 3.8) is 0 Å². The Morgan fingerprint density at radius 1 is 0.716 bits per heavy atom. The minimum absolute atomic E-state index is 0.0753. The lowest BCUT2D eigenvalue weighted by Crippen LogP contribution is -2.47. The van der Waals surface area contributed by atoms with Crippen molar-refractivity contribution in [3.8, 4) is 16.9 Å². The molecule has 3 amide bonds. The van der Waals surface area contributed by atoms with Crippen molar-refractivity contribution in [1.29, 1.82) is 0 Å². The molecule has 5 aromatic carbocycles. The summed E-state index contributed by atoms with van der Waals surface area (Å²) in [6.45, 7) is 7.59. The molecule has 4 unspecified atom stereocenters. The fraction of sp³-hybridized carbons (Fsp3) is 0.273. The lowest BCUT2D eigenvalue weighted by Gasteiger charge is -2.24. The van der Waals surface area contributed by atoms with Gasteiger partial charge in [0.2, 0.25) is 11.8 Å². The third-order valence-electron chi connectivity index (χ3n) is 12.0. The molecule has 67 heavy (non-hydrogen) atoms. The Morgan fingerprint density at radius 2 is 1.40 bits per heavy atom. The number of nitrogens with one attached hydrogen (secondary N) is 4. The van der Waals surface area contributed by atoms with E-state index in [1.54, 1.807) is 12.2 Å². The van der Waals surface area contributed by atoms with Crippen molar-refractivity contribution < 1.29 is 38.5 Å². The van der Waals surface area contributed by atoms with E-state index in [1.807, 2.05) is 121 Å². The predicted octanol–water partition coefficient (Wildman–Crippen LogP) is 8.49. The molecule has 0 saturated heterocycles. The molecule has 4 atom stereocenters. The van der Waals surface area contributed by atoms with Gasteiger partial charge in [0.15, 0.2) is 0 Å². The van der Waals surface area contributed by atoms with E-state index in [-0.39, 0.29) is 51.4 Å². The highest BCUT2D eigenvalue weighted by Crippen LogP contribution is 2.44. The number of H-pyrrole nitrogens is 1. The van der Waals surface area contributed by atoms with Gasteiger partial charge in [0.1, 0.15) is 31.6 Å². The Balaban J connectivity index is 0.966. The van der Waals surface area contributed by atoms with E-state index in [9.17, 15) is 24.3 Å². The molecule has 346 valence electrons. The van der Waals surface area contributed by atoms with Gasteiger partial charge in [0.05, 0.1) is 24.6 Å². The van der Waals surface area contributed by atoms with Crippen molar-refractivity contribution in [2.45, 2.75) is 69.2 Å². The predicted molar refractivity (Wildman–Crippen MR) is 259 cm³/mol. The number of para-hydroxylation sites is 1. The average molecular weight is 903 g/mol. The molecule has 1 aromatic heterocycles. The number of rotatable bonds is 24. The smallest absolute Gasteiger partial charge is 0.407 e. The zero-order valence-corrected chi connectivity index (χ0v) is 37.5. The molecule has 0 radical (unpaired) electrons. The molecule has 0 spiro atoms. The molecule has 1 aliphatic rings. The molecular formula is C55H58N4O8. The second-order valence-corrected chi connectivity index (χ2v) is 16.8. The molecule has 0 fully saturated rings. The number of benzene rings is 5. The van der Waals surface area contributed by atoms with Crippen LogP contribution >= 0.6 is 0 Å². The van der Waals surface area contributed by atoms with E-state index in [4.69, 9.17) is 14.2 Å². The average Bonchev–Trinajstić information content (AvgIpc) is 3.91. The number of fused-ring (bicyclic) bond motifs is 4.